The van der Waals surface area contributed by atoms with Gasteiger partial charge in [0.25, 0.3) is 0 Å². The average molecular weight is 266 g/mol. The van der Waals surface area contributed by atoms with Gasteiger partial charge in [-0.05, 0) is 29.4 Å². The topological polar surface area (TPSA) is 15.8 Å². The van der Waals surface area contributed by atoms with Crippen molar-refractivity contribution < 1.29 is 0 Å². The monoisotopic (exact) mass is 265 g/mol. The molecule has 0 aliphatic rings. The standard InChI is InChI=1S/C13H16BrN/c1-13(2,9-14)8-11-7-10-5-3-4-6-12(10)15-11/h3-7,15H,8-9H2,1-2H3. The van der Waals surface area contributed by atoms with E-state index in [1.807, 2.05) is 0 Å². The van der Waals surface area contributed by atoms with E-state index in [0.29, 0.717) is 5.41 Å². The Kier molecular flexibility index (Phi) is 2.87. The largest absolute Gasteiger partial charge is 0.358 e. The maximum absolute atomic E-state index is 3.56. The molecule has 1 nitrogen and oxygen atoms in total. The fourth-order valence-electron chi connectivity index (χ4n) is 1.79. The van der Waals surface area contributed by atoms with E-state index in [-0.39, 0.29) is 0 Å². The number of benzene rings is 1. The highest BCUT2D eigenvalue weighted by Gasteiger charge is 2.17. The lowest BCUT2D eigenvalue weighted by molar-refractivity contribution is 0.421. The Morgan fingerprint density at radius 1 is 1.27 bits per heavy atom. The van der Waals surface area contributed by atoms with E-state index in [0.717, 1.165) is 11.8 Å². The minimum Gasteiger partial charge on any atom is -0.358 e. The van der Waals surface area contributed by atoms with Crippen LogP contribution >= 0.6 is 15.9 Å². The highest BCUT2D eigenvalue weighted by molar-refractivity contribution is 9.09. The third-order valence-corrected chi connectivity index (χ3v) is 4.13. The molecule has 1 heterocycles. The van der Waals surface area contributed by atoms with Gasteiger partial charge in [0.05, 0.1) is 0 Å². The molecule has 2 heteroatoms. The fraction of sp³-hybridized carbons (Fsp3) is 0.385. The molecular formula is C13H16BrN. The first-order valence-corrected chi connectivity index (χ1v) is 6.35. The third-order valence-electron chi connectivity index (χ3n) is 2.62. The van der Waals surface area contributed by atoms with Crippen molar-refractivity contribution in [2.75, 3.05) is 5.33 Å². The van der Waals surface area contributed by atoms with Gasteiger partial charge in [0.2, 0.25) is 0 Å². The Morgan fingerprint density at radius 3 is 2.67 bits per heavy atom. The highest BCUT2D eigenvalue weighted by Crippen LogP contribution is 2.25. The molecule has 0 saturated heterocycles. The zero-order valence-corrected chi connectivity index (χ0v) is 10.8. The molecule has 0 unspecified atom stereocenters. The number of aromatic nitrogens is 1. The van der Waals surface area contributed by atoms with Crippen LogP contribution in [-0.4, -0.2) is 10.3 Å². The van der Waals surface area contributed by atoms with Gasteiger partial charge < -0.3 is 4.98 Å². The molecule has 1 aromatic heterocycles. The summed E-state index contributed by atoms with van der Waals surface area (Å²) in [7, 11) is 0. The summed E-state index contributed by atoms with van der Waals surface area (Å²) < 4.78 is 0. The first-order chi connectivity index (χ1) is 7.11. The van der Waals surface area contributed by atoms with E-state index in [2.05, 4.69) is 65.1 Å². The first-order valence-electron chi connectivity index (χ1n) is 5.23. The zero-order chi connectivity index (χ0) is 10.9. The Morgan fingerprint density at radius 2 is 2.00 bits per heavy atom. The van der Waals surface area contributed by atoms with Crippen LogP contribution in [0.1, 0.15) is 19.5 Å². The molecule has 2 rings (SSSR count). The quantitative estimate of drug-likeness (QED) is 0.804. The number of hydrogen-bond donors (Lipinski definition) is 1. The van der Waals surface area contributed by atoms with Crippen LogP contribution in [0.2, 0.25) is 0 Å². The minimum atomic E-state index is 0.306. The Hall–Kier alpha value is -0.760. The van der Waals surface area contributed by atoms with Crippen LogP contribution in [0.4, 0.5) is 0 Å². The van der Waals surface area contributed by atoms with Crippen LogP contribution in [0.3, 0.4) is 0 Å². The molecular weight excluding hydrogens is 250 g/mol. The highest BCUT2D eigenvalue weighted by atomic mass is 79.9. The predicted octanol–water partition coefficient (Wildman–Crippen LogP) is 4.13. The average Bonchev–Trinajstić information content (AvgIpc) is 2.58. The Bertz CT molecular complexity index is 423. The van der Waals surface area contributed by atoms with Gasteiger partial charge in [-0.25, -0.2) is 0 Å². The molecule has 0 amide bonds. The predicted molar refractivity (Wildman–Crippen MR) is 69.6 cm³/mol. The molecule has 0 saturated carbocycles. The van der Waals surface area contributed by atoms with Crippen molar-refractivity contribution in [3.8, 4) is 0 Å². The number of hydrogen-bond acceptors (Lipinski definition) is 0. The number of fused-ring (bicyclic) bond motifs is 1. The van der Waals surface area contributed by atoms with Gasteiger partial charge in [0.15, 0.2) is 0 Å². The second kappa shape index (κ2) is 4.01. The lowest BCUT2D eigenvalue weighted by Crippen LogP contribution is -2.16. The van der Waals surface area contributed by atoms with E-state index in [4.69, 9.17) is 0 Å². The molecule has 0 aliphatic heterocycles. The SMILES string of the molecule is CC(C)(CBr)Cc1cc2ccccc2[nH]1. The molecule has 0 bridgehead atoms. The van der Waals surface area contributed by atoms with Gasteiger partial charge in [0.1, 0.15) is 0 Å². The molecule has 2 aromatic rings. The molecule has 1 N–H and O–H groups in total. The van der Waals surface area contributed by atoms with Gasteiger partial charge in [0, 0.05) is 16.5 Å². The minimum absolute atomic E-state index is 0.306. The number of aromatic amines is 1. The van der Waals surface area contributed by atoms with Crippen molar-refractivity contribution in [3.05, 3.63) is 36.0 Å². The third kappa shape index (κ3) is 2.43. The van der Waals surface area contributed by atoms with Crippen molar-refractivity contribution in [1.29, 1.82) is 0 Å². The van der Waals surface area contributed by atoms with Crippen LogP contribution < -0.4 is 0 Å². The molecule has 0 radical (unpaired) electrons. The number of alkyl halides is 1. The smallest absolute Gasteiger partial charge is 0.0456 e. The zero-order valence-electron chi connectivity index (χ0n) is 9.18. The van der Waals surface area contributed by atoms with Gasteiger partial charge in [-0.2, -0.15) is 0 Å². The second-order valence-electron chi connectivity index (χ2n) is 4.86. The number of nitrogens with one attached hydrogen (secondary N) is 1. The summed E-state index contributed by atoms with van der Waals surface area (Å²) in [5.41, 5.74) is 2.86. The van der Waals surface area contributed by atoms with E-state index in [1.165, 1.54) is 16.6 Å². The number of H-pyrrole nitrogens is 1. The van der Waals surface area contributed by atoms with E-state index in [9.17, 15) is 0 Å². The van der Waals surface area contributed by atoms with Crippen molar-refractivity contribution >= 4 is 26.8 Å². The molecule has 0 fully saturated rings. The van der Waals surface area contributed by atoms with E-state index < -0.39 is 0 Å². The van der Waals surface area contributed by atoms with Crippen LogP contribution in [0.5, 0.6) is 0 Å². The van der Waals surface area contributed by atoms with Crippen LogP contribution in [0.15, 0.2) is 30.3 Å². The molecule has 0 aliphatic carbocycles. The summed E-state index contributed by atoms with van der Waals surface area (Å²) in [5, 5.41) is 2.33. The van der Waals surface area contributed by atoms with Gasteiger partial charge in [-0.1, -0.05) is 48.0 Å². The number of para-hydroxylation sites is 1. The first kappa shape index (κ1) is 10.7. The van der Waals surface area contributed by atoms with Gasteiger partial charge in [-0.3, -0.25) is 0 Å². The van der Waals surface area contributed by atoms with Crippen molar-refractivity contribution in [2.24, 2.45) is 5.41 Å². The van der Waals surface area contributed by atoms with Crippen molar-refractivity contribution in [2.45, 2.75) is 20.3 Å². The lowest BCUT2D eigenvalue weighted by atomic mass is 9.90. The molecule has 15 heavy (non-hydrogen) atoms. The summed E-state index contributed by atoms with van der Waals surface area (Å²) in [6.45, 7) is 4.54. The Labute approximate surface area is 99.0 Å². The summed E-state index contributed by atoms with van der Waals surface area (Å²) in [6, 6.07) is 10.7. The maximum atomic E-state index is 3.56. The van der Waals surface area contributed by atoms with Crippen LogP contribution in [0, 0.1) is 5.41 Å². The summed E-state index contributed by atoms with van der Waals surface area (Å²) in [4.78, 5) is 3.47. The van der Waals surface area contributed by atoms with Gasteiger partial charge in [-0.15, -0.1) is 0 Å². The van der Waals surface area contributed by atoms with E-state index >= 15 is 0 Å². The van der Waals surface area contributed by atoms with Crippen molar-refractivity contribution in [1.82, 2.24) is 4.98 Å². The van der Waals surface area contributed by atoms with Crippen LogP contribution in [-0.2, 0) is 6.42 Å². The summed E-state index contributed by atoms with van der Waals surface area (Å²) >= 11 is 3.56. The normalized spacial score (nSPS) is 12.2. The molecule has 1 aromatic carbocycles. The molecule has 80 valence electrons. The van der Waals surface area contributed by atoms with Crippen molar-refractivity contribution in [3.63, 3.8) is 0 Å². The fourth-order valence-corrected chi connectivity index (χ4v) is 1.99. The summed E-state index contributed by atoms with van der Waals surface area (Å²) in [6.07, 6.45) is 1.08. The number of halogens is 1. The summed E-state index contributed by atoms with van der Waals surface area (Å²) in [5.74, 6) is 0. The van der Waals surface area contributed by atoms with Gasteiger partial charge >= 0.3 is 0 Å². The lowest BCUT2D eigenvalue weighted by Gasteiger charge is -2.20. The maximum Gasteiger partial charge on any atom is 0.0456 e. The second-order valence-corrected chi connectivity index (χ2v) is 5.42. The number of rotatable bonds is 3. The Balaban J connectivity index is 2.30. The van der Waals surface area contributed by atoms with E-state index in [1.54, 1.807) is 0 Å². The molecule has 0 spiro atoms. The van der Waals surface area contributed by atoms with Crippen LogP contribution in [0.25, 0.3) is 10.9 Å². The molecule has 0 atom stereocenters.